The van der Waals surface area contributed by atoms with Gasteiger partial charge in [-0.3, -0.25) is 0 Å². The number of nitriles is 1. The fourth-order valence-corrected chi connectivity index (χ4v) is 4.32. The Labute approximate surface area is 201 Å². The van der Waals surface area contributed by atoms with Crippen molar-refractivity contribution in [3.8, 4) is 23.3 Å². The summed E-state index contributed by atoms with van der Waals surface area (Å²) in [4.78, 5) is 12.9. The summed E-state index contributed by atoms with van der Waals surface area (Å²) in [6.45, 7) is 4.25. The third kappa shape index (κ3) is 3.96. The summed E-state index contributed by atoms with van der Waals surface area (Å²) in [6.07, 6.45) is 0. The van der Waals surface area contributed by atoms with Crippen molar-refractivity contribution in [3.05, 3.63) is 101 Å². The molecule has 2 heterocycles. The van der Waals surface area contributed by atoms with Crippen molar-refractivity contribution in [3.63, 3.8) is 0 Å². The van der Waals surface area contributed by atoms with E-state index in [4.69, 9.17) is 24.4 Å². The zero-order valence-corrected chi connectivity index (χ0v) is 19.2. The second-order valence-electron chi connectivity index (χ2n) is 8.07. The van der Waals surface area contributed by atoms with Crippen LogP contribution in [-0.2, 0) is 0 Å². The molecule has 0 aliphatic carbocycles. The fraction of sp³-hybridized carbons (Fsp3) is 0.143. The predicted octanol–water partition coefficient (Wildman–Crippen LogP) is 5.58. The number of furan rings is 1. The van der Waals surface area contributed by atoms with E-state index in [9.17, 15) is 10.1 Å². The molecule has 1 aliphatic rings. The number of para-hydroxylation sites is 1. The molecule has 1 atom stereocenters. The Morgan fingerprint density at radius 3 is 2.69 bits per heavy atom. The summed E-state index contributed by atoms with van der Waals surface area (Å²) >= 11 is 0. The maximum atomic E-state index is 12.9. The van der Waals surface area contributed by atoms with Gasteiger partial charge >= 0.3 is 5.97 Å². The van der Waals surface area contributed by atoms with Crippen molar-refractivity contribution in [2.45, 2.75) is 19.8 Å². The lowest BCUT2D eigenvalue weighted by Gasteiger charge is -2.27. The first-order valence-electron chi connectivity index (χ1n) is 11.1. The number of carbonyl (C=O) groups is 1. The number of carbonyl (C=O) groups excluding carboxylic acids is 1. The van der Waals surface area contributed by atoms with Crippen LogP contribution < -0.4 is 19.9 Å². The minimum atomic E-state index is -0.614. The van der Waals surface area contributed by atoms with Gasteiger partial charge in [-0.2, -0.15) is 5.26 Å². The van der Waals surface area contributed by atoms with Gasteiger partial charge in [-0.25, -0.2) is 4.79 Å². The lowest BCUT2D eigenvalue weighted by molar-refractivity contribution is 0.0702. The van der Waals surface area contributed by atoms with E-state index in [1.807, 2.05) is 56.3 Å². The third-order valence-electron chi connectivity index (χ3n) is 5.93. The maximum absolute atomic E-state index is 12.9. The van der Waals surface area contributed by atoms with Crippen LogP contribution in [0.2, 0.25) is 0 Å². The molecule has 0 amide bonds. The Morgan fingerprint density at radius 2 is 1.91 bits per heavy atom. The van der Waals surface area contributed by atoms with Crippen LogP contribution in [-0.4, -0.2) is 12.6 Å². The number of nitrogens with two attached hydrogens (primary N) is 1. The van der Waals surface area contributed by atoms with Gasteiger partial charge in [0.05, 0.1) is 12.5 Å². The first-order valence-corrected chi connectivity index (χ1v) is 11.1. The molecule has 1 aliphatic heterocycles. The SMILES string of the molecule is CCOc1cccc(C2C(C#N)=C(N)Oc3cc(OC(=O)c4oc5ccccc5c4C)ccc32)c1. The average Bonchev–Trinajstić information content (AvgIpc) is 3.20. The second-order valence-corrected chi connectivity index (χ2v) is 8.07. The van der Waals surface area contributed by atoms with Crippen molar-refractivity contribution < 1.29 is 23.4 Å². The van der Waals surface area contributed by atoms with Gasteiger partial charge < -0.3 is 24.4 Å². The molecule has 7 nitrogen and oxygen atoms in total. The summed E-state index contributed by atoms with van der Waals surface area (Å²) in [5.41, 5.74) is 9.30. The molecular formula is C28H22N2O5. The van der Waals surface area contributed by atoms with E-state index in [0.717, 1.165) is 16.5 Å². The van der Waals surface area contributed by atoms with Crippen LogP contribution in [0.5, 0.6) is 17.2 Å². The largest absolute Gasteiger partial charge is 0.494 e. The lowest BCUT2D eigenvalue weighted by Crippen LogP contribution is -2.21. The topological polar surface area (TPSA) is 108 Å². The number of nitrogens with zero attached hydrogens (tertiary/aromatic N) is 1. The summed E-state index contributed by atoms with van der Waals surface area (Å²) in [7, 11) is 0. The van der Waals surface area contributed by atoms with Crippen molar-refractivity contribution in [2.24, 2.45) is 5.73 Å². The Bertz CT molecular complexity index is 1530. The Kier molecular flexibility index (Phi) is 5.63. The van der Waals surface area contributed by atoms with Gasteiger partial charge in [-0.05, 0) is 43.7 Å². The van der Waals surface area contributed by atoms with Gasteiger partial charge in [0.2, 0.25) is 11.6 Å². The maximum Gasteiger partial charge on any atom is 0.379 e. The van der Waals surface area contributed by atoms with Gasteiger partial charge in [-0.15, -0.1) is 0 Å². The standard InChI is InChI=1S/C28H22N2O5/c1-3-32-18-8-6-7-17(13-18)25-21-12-11-19(14-24(21)35-27(30)22(25)15-29)33-28(31)26-16(2)20-9-4-5-10-23(20)34-26/h4-14,25H,3,30H2,1-2H3. The first-order chi connectivity index (χ1) is 17.0. The van der Waals surface area contributed by atoms with Crippen LogP contribution in [0.1, 0.15) is 40.1 Å². The fourth-order valence-electron chi connectivity index (χ4n) is 4.32. The number of ether oxygens (including phenoxy) is 3. The highest BCUT2D eigenvalue weighted by Gasteiger charge is 2.31. The van der Waals surface area contributed by atoms with E-state index < -0.39 is 11.9 Å². The smallest absolute Gasteiger partial charge is 0.379 e. The molecule has 1 unspecified atom stereocenters. The third-order valence-corrected chi connectivity index (χ3v) is 5.93. The molecule has 1 aromatic heterocycles. The van der Waals surface area contributed by atoms with Crippen LogP contribution in [0.15, 0.2) is 82.6 Å². The molecule has 7 heteroatoms. The highest BCUT2D eigenvalue weighted by atomic mass is 16.5. The predicted molar refractivity (Wildman–Crippen MR) is 129 cm³/mol. The first kappa shape index (κ1) is 22.1. The molecule has 35 heavy (non-hydrogen) atoms. The molecule has 0 fully saturated rings. The number of fused-ring (bicyclic) bond motifs is 2. The Hall–Kier alpha value is -4.70. The highest BCUT2D eigenvalue weighted by Crippen LogP contribution is 2.44. The summed E-state index contributed by atoms with van der Waals surface area (Å²) in [5.74, 6) is 0.442. The number of aryl methyl sites for hydroxylation is 1. The molecule has 2 N–H and O–H groups in total. The molecule has 4 aromatic rings. The monoisotopic (exact) mass is 466 g/mol. The van der Waals surface area contributed by atoms with E-state index >= 15 is 0 Å². The number of hydrogen-bond acceptors (Lipinski definition) is 7. The van der Waals surface area contributed by atoms with E-state index in [-0.39, 0.29) is 17.4 Å². The zero-order chi connectivity index (χ0) is 24.5. The molecule has 3 aromatic carbocycles. The van der Waals surface area contributed by atoms with Gasteiger partial charge in [-0.1, -0.05) is 36.4 Å². The minimum absolute atomic E-state index is 0.00316. The quantitative estimate of drug-likeness (QED) is 0.302. The van der Waals surface area contributed by atoms with Crippen LogP contribution in [0.25, 0.3) is 11.0 Å². The number of benzene rings is 3. The van der Waals surface area contributed by atoms with Gasteiger partial charge in [0.1, 0.15) is 34.5 Å². The molecule has 0 saturated carbocycles. The number of esters is 1. The van der Waals surface area contributed by atoms with Gasteiger partial charge in [0, 0.05) is 22.6 Å². The van der Waals surface area contributed by atoms with Crippen molar-refractivity contribution in [1.29, 1.82) is 5.26 Å². The highest BCUT2D eigenvalue weighted by molar-refractivity contribution is 5.96. The molecule has 0 spiro atoms. The number of hydrogen-bond donors (Lipinski definition) is 1. The van der Waals surface area contributed by atoms with Gasteiger partial charge in [0.15, 0.2) is 0 Å². The molecule has 174 valence electrons. The molecular weight excluding hydrogens is 444 g/mol. The minimum Gasteiger partial charge on any atom is -0.494 e. The van der Waals surface area contributed by atoms with Crippen LogP contribution in [0.4, 0.5) is 0 Å². The summed E-state index contributed by atoms with van der Waals surface area (Å²) in [6, 6.07) is 22.1. The normalized spacial score (nSPS) is 14.7. The number of rotatable bonds is 5. The summed E-state index contributed by atoms with van der Waals surface area (Å²) in [5, 5.41) is 10.7. The van der Waals surface area contributed by atoms with Crippen molar-refractivity contribution >= 4 is 16.9 Å². The van der Waals surface area contributed by atoms with Crippen molar-refractivity contribution in [2.75, 3.05) is 6.61 Å². The van der Waals surface area contributed by atoms with E-state index in [0.29, 0.717) is 34.8 Å². The summed E-state index contributed by atoms with van der Waals surface area (Å²) < 4.78 is 22.7. The Morgan fingerprint density at radius 1 is 1.09 bits per heavy atom. The zero-order valence-electron chi connectivity index (χ0n) is 19.2. The van der Waals surface area contributed by atoms with Crippen LogP contribution in [0, 0.1) is 18.3 Å². The molecule has 0 radical (unpaired) electrons. The lowest BCUT2D eigenvalue weighted by atomic mass is 9.83. The second kappa shape index (κ2) is 8.92. The van der Waals surface area contributed by atoms with E-state index in [1.165, 1.54) is 0 Å². The average molecular weight is 466 g/mol. The molecule has 5 rings (SSSR count). The molecule has 0 saturated heterocycles. The van der Waals surface area contributed by atoms with Crippen LogP contribution >= 0.6 is 0 Å². The van der Waals surface area contributed by atoms with Crippen molar-refractivity contribution in [1.82, 2.24) is 0 Å². The van der Waals surface area contributed by atoms with Crippen LogP contribution in [0.3, 0.4) is 0 Å². The van der Waals surface area contributed by atoms with Gasteiger partial charge in [0.25, 0.3) is 0 Å². The van der Waals surface area contributed by atoms with E-state index in [1.54, 1.807) is 24.3 Å². The Balaban J connectivity index is 1.49. The molecule has 0 bridgehead atoms. The van der Waals surface area contributed by atoms with E-state index in [2.05, 4.69) is 6.07 Å². The number of allylic oxidation sites excluding steroid dienone is 1.